The highest BCUT2D eigenvalue weighted by molar-refractivity contribution is 9.10. The molecule has 1 rings (SSSR count). The lowest BCUT2D eigenvalue weighted by Crippen LogP contribution is -2.28. The normalized spacial score (nSPS) is 12.8. The maximum Gasteiger partial charge on any atom is 0.0449 e. The van der Waals surface area contributed by atoms with Gasteiger partial charge in [-0.1, -0.05) is 13.3 Å². The van der Waals surface area contributed by atoms with E-state index < -0.39 is 0 Å². The molecule has 0 fully saturated rings. The number of hydrogen-bond donors (Lipinski definition) is 1. The van der Waals surface area contributed by atoms with Crippen molar-refractivity contribution in [2.24, 2.45) is 0 Å². The van der Waals surface area contributed by atoms with Crippen LogP contribution in [0.15, 0.2) is 16.7 Å². The van der Waals surface area contributed by atoms with Gasteiger partial charge in [-0.05, 0) is 48.0 Å². The van der Waals surface area contributed by atoms with E-state index in [0.29, 0.717) is 6.04 Å². The average molecular weight is 271 g/mol. The van der Waals surface area contributed by atoms with E-state index in [1.165, 1.54) is 24.1 Å². The van der Waals surface area contributed by atoms with Crippen molar-refractivity contribution >= 4 is 15.9 Å². The number of nitrogens with zero attached hydrogens (tertiary/aromatic N) is 1. The topological polar surface area (TPSA) is 24.9 Å². The van der Waals surface area contributed by atoms with E-state index in [-0.39, 0.29) is 0 Å². The van der Waals surface area contributed by atoms with Gasteiger partial charge in [-0.2, -0.15) is 0 Å². The summed E-state index contributed by atoms with van der Waals surface area (Å²) in [4.78, 5) is 4.46. The fourth-order valence-corrected chi connectivity index (χ4v) is 2.16. The first-order valence-electron chi connectivity index (χ1n) is 5.45. The molecule has 15 heavy (non-hydrogen) atoms. The minimum atomic E-state index is 0.544. The third-order valence-electron chi connectivity index (χ3n) is 2.64. The molecule has 1 aromatic rings. The lowest BCUT2D eigenvalue weighted by molar-refractivity contribution is 0.508. The predicted molar refractivity (Wildman–Crippen MR) is 68.1 cm³/mol. The third-order valence-corrected chi connectivity index (χ3v) is 3.07. The van der Waals surface area contributed by atoms with Gasteiger partial charge in [-0.15, -0.1) is 0 Å². The van der Waals surface area contributed by atoms with Gasteiger partial charge in [0.15, 0.2) is 0 Å². The van der Waals surface area contributed by atoms with Crippen molar-refractivity contribution in [2.75, 3.05) is 7.05 Å². The van der Waals surface area contributed by atoms with Crippen molar-refractivity contribution in [3.05, 3.63) is 28.0 Å². The molecule has 1 aromatic heterocycles. The highest BCUT2D eigenvalue weighted by atomic mass is 79.9. The van der Waals surface area contributed by atoms with Gasteiger partial charge in [0, 0.05) is 28.8 Å². The largest absolute Gasteiger partial charge is 0.317 e. The Balaban J connectivity index is 2.70. The molecule has 0 spiro atoms. The van der Waals surface area contributed by atoms with Crippen LogP contribution in [0, 0.1) is 6.92 Å². The first kappa shape index (κ1) is 12.7. The Kier molecular flexibility index (Phi) is 5.26. The Morgan fingerprint density at radius 3 is 2.80 bits per heavy atom. The van der Waals surface area contributed by atoms with E-state index in [4.69, 9.17) is 0 Å². The summed E-state index contributed by atoms with van der Waals surface area (Å²) in [6.07, 6.45) is 5.30. The number of aromatic nitrogens is 1. The zero-order chi connectivity index (χ0) is 11.3. The van der Waals surface area contributed by atoms with Gasteiger partial charge in [0.25, 0.3) is 0 Å². The van der Waals surface area contributed by atoms with Gasteiger partial charge in [0.1, 0.15) is 0 Å². The molecule has 1 heterocycles. The minimum Gasteiger partial charge on any atom is -0.317 e. The molecule has 0 saturated carbocycles. The molecule has 2 nitrogen and oxygen atoms in total. The molecule has 0 radical (unpaired) electrons. The van der Waals surface area contributed by atoms with Crippen LogP contribution in [0.3, 0.4) is 0 Å². The number of nitrogens with one attached hydrogen (secondary N) is 1. The number of likely N-dealkylation sites (N-methyl/N-ethyl adjacent to an activating group) is 1. The summed E-state index contributed by atoms with van der Waals surface area (Å²) < 4.78 is 1.06. The van der Waals surface area contributed by atoms with Crippen LogP contribution in [0.2, 0.25) is 0 Å². The van der Waals surface area contributed by atoms with Crippen molar-refractivity contribution < 1.29 is 0 Å². The standard InChI is InChI=1S/C12H19BrN2/c1-4-5-11(14-3)7-12-9(2)6-10(13)8-15-12/h6,8,11,14H,4-5,7H2,1-3H3. The maximum atomic E-state index is 4.46. The summed E-state index contributed by atoms with van der Waals surface area (Å²) in [6.45, 7) is 4.33. The van der Waals surface area contributed by atoms with Gasteiger partial charge in [-0.3, -0.25) is 4.98 Å². The molecule has 0 bridgehead atoms. The van der Waals surface area contributed by atoms with Crippen LogP contribution in [0.4, 0.5) is 0 Å². The Morgan fingerprint density at radius 1 is 1.53 bits per heavy atom. The Hall–Kier alpha value is -0.410. The Bertz CT molecular complexity index is 312. The van der Waals surface area contributed by atoms with Gasteiger partial charge in [0.2, 0.25) is 0 Å². The minimum absolute atomic E-state index is 0.544. The molecular weight excluding hydrogens is 252 g/mol. The van der Waals surface area contributed by atoms with E-state index >= 15 is 0 Å². The van der Waals surface area contributed by atoms with Crippen LogP contribution in [-0.2, 0) is 6.42 Å². The van der Waals surface area contributed by atoms with Crippen molar-refractivity contribution in [3.8, 4) is 0 Å². The van der Waals surface area contributed by atoms with Crippen LogP contribution < -0.4 is 5.32 Å². The quantitative estimate of drug-likeness (QED) is 0.890. The van der Waals surface area contributed by atoms with E-state index in [0.717, 1.165) is 10.9 Å². The van der Waals surface area contributed by atoms with Crippen LogP contribution in [0.5, 0.6) is 0 Å². The van der Waals surface area contributed by atoms with Crippen LogP contribution in [0.1, 0.15) is 31.0 Å². The van der Waals surface area contributed by atoms with E-state index in [1.54, 1.807) is 0 Å². The summed E-state index contributed by atoms with van der Waals surface area (Å²) in [5, 5.41) is 3.34. The fourth-order valence-electron chi connectivity index (χ4n) is 1.71. The first-order chi connectivity index (χ1) is 7.17. The van der Waals surface area contributed by atoms with E-state index in [1.807, 2.05) is 13.2 Å². The summed E-state index contributed by atoms with van der Waals surface area (Å²) >= 11 is 3.43. The van der Waals surface area contributed by atoms with Crippen molar-refractivity contribution in [1.82, 2.24) is 10.3 Å². The molecule has 0 amide bonds. The maximum absolute atomic E-state index is 4.46. The number of aryl methyl sites for hydroxylation is 1. The summed E-state index contributed by atoms with van der Waals surface area (Å²) in [5.41, 5.74) is 2.46. The highest BCUT2D eigenvalue weighted by Crippen LogP contribution is 2.15. The summed E-state index contributed by atoms with van der Waals surface area (Å²) in [7, 11) is 2.02. The van der Waals surface area contributed by atoms with Gasteiger partial charge in [-0.25, -0.2) is 0 Å². The summed E-state index contributed by atoms with van der Waals surface area (Å²) in [5.74, 6) is 0. The van der Waals surface area contributed by atoms with Crippen molar-refractivity contribution in [1.29, 1.82) is 0 Å². The van der Waals surface area contributed by atoms with E-state index in [9.17, 15) is 0 Å². The van der Waals surface area contributed by atoms with E-state index in [2.05, 4.69) is 46.1 Å². The predicted octanol–water partition coefficient (Wildman–Crippen LogP) is 3.08. The van der Waals surface area contributed by atoms with Crippen LogP contribution in [0.25, 0.3) is 0 Å². The molecule has 1 N–H and O–H groups in total. The average Bonchev–Trinajstić information content (AvgIpc) is 2.21. The third kappa shape index (κ3) is 3.92. The molecule has 3 heteroatoms. The molecule has 0 aliphatic carbocycles. The van der Waals surface area contributed by atoms with Gasteiger partial charge >= 0.3 is 0 Å². The van der Waals surface area contributed by atoms with Crippen molar-refractivity contribution in [2.45, 2.75) is 39.2 Å². The molecule has 1 unspecified atom stereocenters. The van der Waals surface area contributed by atoms with Crippen LogP contribution >= 0.6 is 15.9 Å². The lowest BCUT2D eigenvalue weighted by atomic mass is 10.0. The van der Waals surface area contributed by atoms with Gasteiger partial charge < -0.3 is 5.32 Å². The highest BCUT2D eigenvalue weighted by Gasteiger charge is 2.09. The first-order valence-corrected chi connectivity index (χ1v) is 6.25. The van der Waals surface area contributed by atoms with Crippen LogP contribution in [-0.4, -0.2) is 18.1 Å². The molecule has 0 aliphatic rings. The second-order valence-electron chi connectivity index (χ2n) is 3.90. The molecule has 0 saturated heterocycles. The second kappa shape index (κ2) is 6.23. The Labute approximate surface area is 101 Å². The number of rotatable bonds is 5. The molecule has 0 aliphatic heterocycles. The zero-order valence-electron chi connectivity index (χ0n) is 9.68. The fraction of sp³-hybridized carbons (Fsp3) is 0.583. The monoisotopic (exact) mass is 270 g/mol. The number of hydrogen-bond acceptors (Lipinski definition) is 2. The molecular formula is C12H19BrN2. The lowest BCUT2D eigenvalue weighted by Gasteiger charge is -2.15. The smallest absolute Gasteiger partial charge is 0.0449 e. The second-order valence-corrected chi connectivity index (χ2v) is 4.81. The summed E-state index contributed by atoms with van der Waals surface area (Å²) in [6, 6.07) is 2.67. The SMILES string of the molecule is CCCC(Cc1ncc(Br)cc1C)NC. The molecule has 0 aromatic carbocycles. The molecule has 1 atom stereocenters. The van der Waals surface area contributed by atoms with Gasteiger partial charge in [0.05, 0.1) is 0 Å². The number of pyridine rings is 1. The number of halogens is 1. The Morgan fingerprint density at radius 2 is 2.27 bits per heavy atom. The zero-order valence-corrected chi connectivity index (χ0v) is 11.3. The molecule has 84 valence electrons. The van der Waals surface area contributed by atoms with Crippen molar-refractivity contribution in [3.63, 3.8) is 0 Å².